The van der Waals surface area contributed by atoms with E-state index in [-0.39, 0.29) is 11.7 Å². The Morgan fingerprint density at radius 3 is 2.22 bits per heavy atom. The zero-order valence-electron chi connectivity index (χ0n) is 17.8. The summed E-state index contributed by atoms with van der Waals surface area (Å²) >= 11 is 0. The van der Waals surface area contributed by atoms with Crippen LogP contribution in [0.5, 0.6) is 5.75 Å². The summed E-state index contributed by atoms with van der Waals surface area (Å²) in [6, 6.07) is 8.74. The van der Waals surface area contributed by atoms with E-state index in [0.717, 1.165) is 18.3 Å². The van der Waals surface area contributed by atoms with E-state index in [1.807, 2.05) is 0 Å². The van der Waals surface area contributed by atoms with Crippen LogP contribution in [0.4, 0.5) is 0 Å². The molecule has 2 fully saturated rings. The maximum Gasteiger partial charge on any atom is 0.205 e. The highest BCUT2D eigenvalue weighted by Gasteiger charge is 2.38. The van der Waals surface area contributed by atoms with Crippen molar-refractivity contribution in [2.24, 2.45) is 11.3 Å². The predicted octanol–water partition coefficient (Wildman–Crippen LogP) is 7.47. The van der Waals surface area contributed by atoms with Gasteiger partial charge >= 0.3 is 0 Å². The van der Waals surface area contributed by atoms with Gasteiger partial charge < -0.3 is 9.47 Å². The Morgan fingerprint density at radius 1 is 0.963 bits per heavy atom. The van der Waals surface area contributed by atoms with Crippen LogP contribution in [-0.2, 0) is 4.74 Å². The molecule has 1 aromatic rings. The molecule has 0 saturated heterocycles. The van der Waals surface area contributed by atoms with Gasteiger partial charge in [0.25, 0.3) is 0 Å². The first-order valence-corrected chi connectivity index (χ1v) is 11.5. The number of ether oxygens (including phenoxy) is 2. The van der Waals surface area contributed by atoms with Gasteiger partial charge in [-0.2, -0.15) is 0 Å². The Kier molecular flexibility index (Phi) is 7.64. The molecule has 0 aliphatic heterocycles. The van der Waals surface area contributed by atoms with Gasteiger partial charge in [0, 0.05) is 5.41 Å². The molecule has 0 amide bonds. The SMILES string of the molecule is CCC(C)c1ccc(OC(OCC2CCCCC2)C2(C)CCCCC2)cc1. The van der Waals surface area contributed by atoms with Crippen LogP contribution in [0.25, 0.3) is 0 Å². The largest absolute Gasteiger partial charge is 0.464 e. The molecular formula is C25H40O2. The Labute approximate surface area is 167 Å². The van der Waals surface area contributed by atoms with Crippen LogP contribution < -0.4 is 4.74 Å². The molecule has 0 heterocycles. The Hall–Kier alpha value is -1.02. The highest BCUT2D eigenvalue weighted by atomic mass is 16.7. The molecule has 2 unspecified atom stereocenters. The van der Waals surface area contributed by atoms with E-state index in [1.165, 1.54) is 76.2 Å². The third-order valence-electron chi connectivity index (χ3n) is 7.08. The van der Waals surface area contributed by atoms with Gasteiger partial charge in [0.15, 0.2) is 0 Å². The van der Waals surface area contributed by atoms with Gasteiger partial charge in [-0.3, -0.25) is 0 Å². The van der Waals surface area contributed by atoms with E-state index in [0.29, 0.717) is 5.92 Å². The van der Waals surface area contributed by atoms with Crippen molar-refractivity contribution < 1.29 is 9.47 Å². The van der Waals surface area contributed by atoms with Crippen LogP contribution in [0.1, 0.15) is 103 Å². The van der Waals surface area contributed by atoms with Crippen molar-refractivity contribution in [3.05, 3.63) is 29.8 Å². The monoisotopic (exact) mass is 372 g/mol. The fraction of sp³-hybridized carbons (Fsp3) is 0.760. The zero-order valence-corrected chi connectivity index (χ0v) is 17.8. The lowest BCUT2D eigenvalue weighted by Crippen LogP contribution is -2.41. The Bertz CT molecular complexity index is 538. The van der Waals surface area contributed by atoms with Gasteiger partial charge in [0.1, 0.15) is 5.75 Å². The molecule has 27 heavy (non-hydrogen) atoms. The molecule has 2 saturated carbocycles. The molecule has 2 aliphatic carbocycles. The van der Waals surface area contributed by atoms with Crippen molar-refractivity contribution in [1.82, 2.24) is 0 Å². The van der Waals surface area contributed by atoms with Crippen LogP contribution in [0.3, 0.4) is 0 Å². The quantitative estimate of drug-likeness (QED) is 0.440. The third kappa shape index (κ3) is 5.73. The molecule has 2 atom stereocenters. The van der Waals surface area contributed by atoms with Crippen LogP contribution in [0.2, 0.25) is 0 Å². The highest BCUT2D eigenvalue weighted by molar-refractivity contribution is 5.29. The smallest absolute Gasteiger partial charge is 0.205 e. The molecule has 3 rings (SSSR count). The minimum atomic E-state index is -0.117. The average molecular weight is 373 g/mol. The molecule has 0 bridgehead atoms. The van der Waals surface area contributed by atoms with Crippen LogP contribution in [0, 0.1) is 11.3 Å². The molecule has 0 radical (unpaired) electrons. The van der Waals surface area contributed by atoms with E-state index in [2.05, 4.69) is 45.0 Å². The first kappa shape index (κ1) is 20.7. The van der Waals surface area contributed by atoms with E-state index in [1.54, 1.807) is 0 Å². The summed E-state index contributed by atoms with van der Waals surface area (Å²) < 4.78 is 13.0. The second kappa shape index (κ2) is 9.96. The second-order valence-electron chi connectivity index (χ2n) is 9.38. The Balaban J connectivity index is 1.66. The predicted molar refractivity (Wildman–Crippen MR) is 113 cm³/mol. The van der Waals surface area contributed by atoms with Gasteiger partial charge in [-0.15, -0.1) is 0 Å². The summed E-state index contributed by atoms with van der Waals surface area (Å²) in [7, 11) is 0. The first-order chi connectivity index (χ1) is 13.1. The lowest BCUT2D eigenvalue weighted by atomic mass is 9.75. The van der Waals surface area contributed by atoms with Crippen molar-refractivity contribution >= 4 is 0 Å². The summed E-state index contributed by atoms with van der Waals surface area (Å²) in [4.78, 5) is 0. The summed E-state index contributed by atoms with van der Waals surface area (Å²) in [5, 5.41) is 0. The van der Waals surface area contributed by atoms with Gasteiger partial charge in [0.05, 0.1) is 6.61 Å². The molecule has 152 valence electrons. The average Bonchev–Trinajstić information content (AvgIpc) is 2.72. The summed E-state index contributed by atoms with van der Waals surface area (Å²) in [5.41, 5.74) is 1.54. The lowest BCUT2D eigenvalue weighted by molar-refractivity contribution is -0.171. The van der Waals surface area contributed by atoms with E-state index >= 15 is 0 Å². The maximum atomic E-state index is 6.50. The van der Waals surface area contributed by atoms with Crippen molar-refractivity contribution in [3.63, 3.8) is 0 Å². The summed E-state index contributed by atoms with van der Waals surface area (Å²) in [6.07, 6.45) is 14.2. The molecule has 2 heteroatoms. The maximum absolute atomic E-state index is 6.50. The number of rotatable bonds is 8. The molecule has 0 aromatic heterocycles. The fourth-order valence-electron chi connectivity index (χ4n) is 4.78. The topological polar surface area (TPSA) is 18.5 Å². The van der Waals surface area contributed by atoms with Gasteiger partial charge in [-0.05, 0) is 61.6 Å². The molecule has 0 N–H and O–H groups in total. The van der Waals surface area contributed by atoms with Gasteiger partial charge in [-0.1, -0.05) is 71.4 Å². The van der Waals surface area contributed by atoms with E-state index in [9.17, 15) is 0 Å². The van der Waals surface area contributed by atoms with E-state index in [4.69, 9.17) is 9.47 Å². The lowest BCUT2D eigenvalue weighted by Gasteiger charge is -2.40. The first-order valence-electron chi connectivity index (χ1n) is 11.5. The molecular weight excluding hydrogens is 332 g/mol. The standard InChI is InChI=1S/C25H40O2/c1-4-20(2)22-13-15-23(16-14-22)27-24(25(3)17-9-6-10-18-25)26-19-21-11-7-5-8-12-21/h13-16,20-21,24H,4-12,17-19H2,1-3H3. The zero-order chi connectivity index (χ0) is 19.1. The summed E-state index contributed by atoms with van der Waals surface area (Å²) in [6.45, 7) is 7.78. The van der Waals surface area contributed by atoms with Gasteiger partial charge in [0.2, 0.25) is 6.29 Å². The molecule has 2 nitrogen and oxygen atoms in total. The van der Waals surface area contributed by atoms with Crippen molar-refractivity contribution in [1.29, 1.82) is 0 Å². The van der Waals surface area contributed by atoms with Crippen molar-refractivity contribution in [3.8, 4) is 5.75 Å². The number of hydrogen-bond acceptors (Lipinski definition) is 2. The number of hydrogen-bond donors (Lipinski definition) is 0. The van der Waals surface area contributed by atoms with Gasteiger partial charge in [-0.25, -0.2) is 0 Å². The van der Waals surface area contributed by atoms with Crippen molar-refractivity contribution in [2.45, 2.75) is 104 Å². The van der Waals surface area contributed by atoms with Crippen LogP contribution in [-0.4, -0.2) is 12.9 Å². The number of benzene rings is 1. The van der Waals surface area contributed by atoms with E-state index < -0.39 is 0 Å². The molecule has 1 aromatic carbocycles. The van der Waals surface area contributed by atoms with Crippen LogP contribution in [0.15, 0.2) is 24.3 Å². The minimum Gasteiger partial charge on any atom is -0.464 e. The normalized spacial score (nSPS) is 22.9. The minimum absolute atomic E-state index is 0.117. The molecule has 2 aliphatic rings. The van der Waals surface area contributed by atoms with Crippen molar-refractivity contribution in [2.75, 3.05) is 6.61 Å². The summed E-state index contributed by atoms with van der Waals surface area (Å²) in [5.74, 6) is 2.29. The van der Waals surface area contributed by atoms with Crippen LogP contribution >= 0.6 is 0 Å². The second-order valence-corrected chi connectivity index (χ2v) is 9.38. The third-order valence-corrected chi connectivity index (χ3v) is 7.08. The fourth-order valence-corrected chi connectivity index (χ4v) is 4.78. The Morgan fingerprint density at radius 2 is 1.59 bits per heavy atom. The molecule has 0 spiro atoms. The highest BCUT2D eigenvalue weighted by Crippen LogP contribution is 2.41.